The molecule has 0 unspecified atom stereocenters. The molecule has 4 heteroatoms. The van der Waals surface area contributed by atoms with Crippen molar-refractivity contribution in [3.05, 3.63) is 11.6 Å². The Bertz CT molecular complexity index is 361. The van der Waals surface area contributed by atoms with E-state index < -0.39 is 5.60 Å². The van der Waals surface area contributed by atoms with Gasteiger partial charge in [-0.05, 0) is 27.2 Å². The highest BCUT2D eigenvalue weighted by Crippen LogP contribution is 2.14. The molecule has 0 aromatic heterocycles. The summed E-state index contributed by atoms with van der Waals surface area (Å²) in [5.74, 6) is 2.54. The second-order valence-corrected chi connectivity index (χ2v) is 5.35. The summed E-state index contributed by atoms with van der Waals surface area (Å²) in [5.41, 5.74) is 0.861. The Labute approximate surface area is 109 Å². The lowest BCUT2D eigenvalue weighted by Crippen LogP contribution is -2.39. The van der Waals surface area contributed by atoms with Crippen molar-refractivity contribution < 1.29 is 9.53 Å². The predicted molar refractivity (Wildman–Crippen MR) is 72.2 cm³/mol. The molecule has 0 spiro atoms. The monoisotopic (exact) mass is 250 g/mol. The van der Waals surface area contributed by atoms with Gasteiger partial charge in [-0.15, -0.1) is 6.42 Å². The molecular weight excluding hydrogens is 228 g/mol. The van der Waals surface area contributed by atoms with Crippen LogP contribution in [-0.2, 0) is 4.74 Å². The molecule has 1 aliphatic heterocycles. The fourth-order valence-corrected chi connectivity index (χ4v) is 1.66. The van der Waals surface area contributed by atoms with Crippen LogP contribution in [-0.4, -0.2) is 42.8 Å². The summed E-state index contributed by atoms with van der Waals surface area (Å²) in [5, 5.41) is 3.15. The summed E-state index contributed by atoms with van der Waals surface area (Å²) in [7, 11) is 0. The first-order valence-corrected chi connectivity index (χ1v) is 6.22. The summed E-state index contributed by atoms with van der Waals surface area (Å²) in [6.45, 7) is 8.32. The first-order chi connectivity index (χ1) is 8.42. The van der Waals surface area contributed by atoms with Gasteiger partial charge in [-0.2, -0.15) is 0 Å². The number of nitrogens with one attached hydrogen (secondary N) is 1. The van der Waals surface area contributed by atoms with E-state index in [2.05, 4.69) is 17.3 Å². The Morgan fingerprint density at radius 3 is 2.83 bits per heavy atom. The van der Waals surface area contributed by atoms with Crippen LogP contribution < -0.4 is 5.32 Å². The number of nitrogens with zero attached hydrogens (tertiary/aromatic N) is 1. The highest BCUT2D eigenvalue weighted by Gasteiger charge is 2.23. The van der Waals surface area contributed by atoms with Gasteiger partial charge in [0.1, 0.15) is 5.60 Å². The third-order valence-corrected chi connectivity index (χ3v) is 2.53. The van der Waals surface area contributed by atoms with E-state index in [1.807, 2.05) is 20.8 Å². The second kappa shape index (κ2) is 6.46. The average molecular weight is 250 g/mol. The predicted octanol–water partition coefficient (Wildman–Crippen LogP) is 1.78. The smallest absolute Gasteiger partial charge is 0.410 e. The van der Waals surface area contributed by atoms with E-state index in [-0.39, 0.29) is 6.09 Å². The Kier molecular flexibility index (Phi) is 5.24. The molecule has 100 valence electrons. The molecule has 0 atom stereocenters. The van der Waals surface area contributed by atoms with Gasteiger partial charge in [-0.1, -0.05) is 17.6 Å². The van der Waals surface area contributed by atoms with E-state index in [0.29, 0.717) is 19.6 Å². The van der Waals surface area contributed by atoms with Crippen LogP contribution in [0.4, 0.5) is 4.79 Å². The van der Waals surface area contributed by atoms with E-state index >= 15 is 0 Å². The van der Waals surface area contributed by atoms with Crippen molar-refractivity contribution in [2.45, 2.75) is 32.8 Å². The molecule has 0 aromatic rings. The molecule has 0 fully saturated rings. The molecule has 1 heterocycles. The lowest BCUT2D eigenvalue weighted by molar-refractivity contribution is 0.0265. The topological polar surface area (TPSA) is 41.6 Å². The van der Waals surface area contributed by atoms with Crippen molar-refractivity contribution in [2.75, 3.05) is 26.2 Å². The summed E-state index contributed by atoms with van der Waals surface area (Å²) in [4.78, 5) is 13.5. The molecule has 1 rings (SSSR count). The lowest BCUT2D eigenvalue weighted by Gasteiger charge is -2.29. The molecule has 0 bridgehead atoms. The molecule has 0 saturated heterocycles. The Hall–Kier alpha value is -1.47. The highest BCUT2D eigenvalue weighted by molar-refractivity contribution is 5.68. The van der Waals surface area contributed by atoms with Crippen LogP contribution in [0.5, 0.6) is 0 Å². The summed E-state index contributed by atoms with van der Waals surface area (Å²) >= 11 is 0. The maximum Gasteiger partial charge on any atom is 0.410 e. The van der Waals surface area contributed by atoms with Crippen LogP contribution in [0.3, 0.4) is 0 Å². The molecule has 0 aromatic carbocycles. The SMILES string of the molecule is C#CCNCC1=CCN(C(=O)OC(C)(C)C)CC1. The summed E-state index contributed by atoms with van der Waals surface area (Å²) in [6, 6.07) is 0. The minimum absolute atomic E-state index is 0.241. The zero-order valence-corrected chi connectivity index (χ0v) is 11.5. The highest BCUT2D eigenvalue weighted by atomic mass is 16.6. The maximum absolute atomic E-state index is 11.8. The Morgan fingerprint density at radius 2 is 2.33 bits per heavy atom. The van der Waals surface area contributed by atoms with Crippen LogP contribution in [0, 0.1) is 12.3 Å². The molecule has 0 saturated carbocycles. The minimum atomic E-state index is -0.435. The number of hydrogen-bond acceptors (Lipinski definition) is 3. The minimum Gasteiger partial charge on any atom is -0.444 e. The van der Waals surface area contributed by atoms with Crippen molar-refractivity contribution in [3.8, 4) is 12.3 Å². The fraction of sp³-hybridized carbons (Fsp3) is 0.643. The van der Waals surface area contributed by atoms with Gasteiger partial charge in [0.05, 0.1) is 6.54 Å². The molecule has 18 heavy (non-hydrogen) atoms. The van der Waals surface area contributed by atoms with Gasteiger partial charge in [0.15, 0.2) is 0 Å². The van der Waals surface area contributed by atoms with E-state index in [0.717, 1.165) is 13.0 Å². The van der Waals surface area contributed by atoms with Crippen LogP contribution in [0.15, 0.2) is 11.6 Å². The van der Waals surface area contributed by atoms with E-state index in [1.165, 1.54) is 5.57 Å². The number of hydrogen-bond donors (Lipinski definition) is 1. The Balaban J connectivity index is 2.38. The number of carbonyl (C=O) groups excluding carboxylic acids is 1. The molecule has 0 aliphatic carbocycles. The summed E-state index contributed by atoms with van der Waals surface area (Å²) < 4.78 is 5.33. The van der Waals surface area contributed by atoms with E-state index in [1.54, 1.807) is 4.90 Å². The first kappa shape index (κ1) is 14.6. The van der Waals surface area contributed by atoms with E-state index in [4.69, 9.17) is 11.2 Å². The van der Waals surface area contributed by atoms with Crippen molar-refractivity contribution in [2.24, 2.45) is 0 Å². The number of ether oxygens (including phenoxy) is 1. The lowest BCUT2D eigenvalue weighted by atomic mass is 10.1. The van der Waals surface area contributed by atoms with Gasteiger partial charge >= 0.3 is 6.09 Å². The third kappa shape index (κ3) is 5.24. The molecule has 1 N–H and O–H groups in total. The third-order valence-electron chi connectivity index (χ3n) is 2.53. The zero-order valence-electron chi connectivity index (χ0n) is 11.5. The fourth-order valence-electron chi connectivity index (χ4n) is 1.66. The Morgan fingerprint density at radius 1 is 1.61 bits per heavy atom. The van der Waals surface area contributed by atoms with Gasteiger partial charge in [-0.25, -0.2) is 4.79 Å². The number of carbonyl (C=O) groups is 1. The second-order valence-electron chi connectivity index (χ2n) is 5.35. The van der Waals surface area contributed by atoms with Gasteiger partial charge in [0, 0.05) is 19.6 Å². The molecule has 4 nitrogen and oxygen atoms in total. The maximum atomic E-state index is 11.8. The van der Waals surface area contributed by atoms with Crippen molar-refractivity contribution in [1.82, 2.24) is 10.2 Å². The molecule has 1 aliphatic rings. The van der Waals surface area contributed by atoms with Crippen molar-refractivity contribution in [1.29, 1.82) is 0 Å². The number of terminal acetylenes is 1. The van der Waals surface area contributed by atoms with Crippen LogP contribution >= 0.6 is 0 Å². The molecule has 0 radical (unpaired) electrons. The van der Waals surface area contributed by atoms with E-state index in [9.17, 15) is 4.79 Å². The quantitative estimate of drug-likeness (QED) is 0.471. The number of amides is 1. The molecular formula is C14H22N2O2. The van der Waals surface area contributed by atoms with Crippen LogP contribution in [0.25, 0.3) is 0 Å². The standard InChI is InChI=1S/C14H22N2O2/c1-5-8-15-11-12-6-9-16(10-7-12)13(17)18-14(2,3)4/h1,6,15H,7-11H2,2-4H3. The number of rotatable bonds is 3. The average Bonchev–Trinajstić information content (AvgIpc) is 2.28. The van der Waals surface area contributed by atoms with Gasteiger partial charge in [0.2, 0.25) is 0 Å². The van der Waals surface area contributed by atoms with Gasteiger partial charge < -0.3 is 15.0 Å². The molecule has 1 amide bonds. The van der Waals surface area contributed by atoms with Crippen LogP contribution in [0.2, 0.25) is 0 Å². The normalized spacial score (nSPS) is 15.9. The van der Waals surface area contributed by atoms with Crippen LogP contribution in [0.1, 0.15) is 27.2 Å². The first-order valence-electron chi connectivity index (χ1n) is 6.22. The summed E-state index contributed by atoms with van der Waals surface area (Å²) in [6.07, 6.45) is 7.86. The largest absolute Gasteiger partial charge is 0.444 e. The van der Waals surface area contributed by atoms with Gasteiger partial charge in [-0.3, -0.25) is 0 Å². The zero-order chi connectivity index (χ0) is 13.6. The van der Waals surface area contributed by atoms with Crippen molar-refractivity contribution >= 4 is 6.09 Å². The van der Waals surface area contributed by atoms with Gasteiger partial charge in [0.25, 0.3) is 0 Å². The van der Waals surface area contributed by atoms with Crippen molar-refractivity contribution in [3.63, 3.8) is 0 Å².